The summed E-state index contributed by atoms with van der Waals surface area (Å²) < 4.78 is 23.1. The van der Waals surface area contributed by atoms with Crippen LogP contribution < -0.4 is 10.3 Å². The van der Waals surface area contributed by atoms with Gasteiger partial charge in [0, 0.05) is 35.7 Å². The van der Waals surface area contributed by atoms with Crippen LogP contribution in [0.2, 0.25) is 0 Å². The van der Waals surface area contributed by atoms with E-state index in [-0.39, 0.29) is 18.6 Å². The van der Waals surface area contributed by atoms with Crippen LogP contribution in [0, 0.1) is 6.92 Å². The van der Waals surface area contributed by atoms with Crippen LogP contribution in [0.3, 0.4) is 0 Å². The summed E-state index contributed by atoms with van der Waals surface area (Å²) in [5.41, 5.74) is 1.83. The predicted molar refractivity (Wildman–Crippen MR) is 114 cm³/mol. The zero-order valence-electron chi connectivity index (χ0n) is 17.2. The number of thiazole rings is 1. The van der Waals surface area contributed by atoms with E-state index >= 15 is 0 Å². The number of likely N-dealkylation sites (tertiary alicyclic amines) is 1. The smallest absolute Gasteiger partial charge is 0.407 e. The van der Waals surface area contributed by atoms with Gasteiger partial charge >= 0.3 is 6.09 Å². The van der Waals surface area contributed by atoms with E-state index in [1.807, 2.05) is 6.92 Å². The summed E-state index contributed by atoms with van der Waals surface area (Å²) >= 11 is 1.23. The molecule has 32 heavy (non-hydrogen) atoms. The van der Waals surface area contributed by atoms with Gasteiger partial charge in [0.05, 0.1) is 31.2 Å². The number of nitrogens with zero attached hydrogens (tertiary/aromatic N) is 6. The van der Waals surface area contributed by atoms with Gasteiger partial charge in [-0.3, -0.25) is 9.20 Å². The number of carbonyl (C=O) groups is 1. The fourth-order valence-electron chi connectivity index (χ4n) is 3.96. The van der Waals surface area contributed by atoms with Gasteiger partial charge in [-0.25, -0.2) is 23.7 Å². The summed E-state index contributed by atoms with van der Waals surface area (Å²) in [4.78, 5) is 35.0. The van der Waals surface area contributed by atoms with Crippen LogP contribution >= 0.6 is 11.3 Å². The molecule has 1 saturated heterocycles. The van der Waals surface area contributed by atoms with Gasteiger partial charge < -0.3 is 14.7 Å². The number of rotatable bonds is 3. The van der Waals surface area contributed by atoms with Gasteiger partial charge in [-0.05, 0) is 13.3 Å². The molecular weight excluding hydrogens is 439 g/mol. The number of aryl methyl sites for hydroxylation is 1. The average molecular weight is 458 g/mol. The van der Waals surface area contributed by atoms with Crippen LogP contribution in [0.5, 0.6) is 5.75 Å². The molecule has 0 spiro atoms. The predicted octanol–water partition coefficient (Wildman–Crippen LogP) is 2.59. The first-order valence-electron chi connectivity index (χ1n) is 9.90. The van der Waals surface area contributed by atoms with Gasteiger partial charge in [0.25, 0.3) is 5.56 Å². The minimum atomic E-state index is -1.35. The second-order valence-corrected chi connectivity index (χ2v) is 8.69. The number of piperidine rings is 1. The number of aromatic nitrogens is 5. The highest BCUT2D eigenvalue weighted by Gasteiger charge is 2.34. The second-order valence-electron chi connectivity index (χ2n) is 7.65. The molecule has 166 valence electrons. The third kappa shape index (κ3) is 3.36. The first kappa shape index (κ1) is 20.4. The Bertz CT molecular complexity index is 1410. The quantitative estimate of drug-likeness (QED) is 0.502. The molecule has 0 aromatic carbocycles. The van der Waals surface area contributed by atoms with Crippen molar-refractivity contribution in [3.8, 4) is 17.1 Å². The number of fused-ring (bicyclic) bond motifs is 2. The van der Waals surface area contributed by atoms with Crippen molar-refractivity contribution in [1.29, 1.82) is 0 Å². The molecule has 0 radical (unpaired) electrons. The van der Waals surface area contributed by atoms with E-state index in [1.54, 1.807) is 23.0 Å². The standard InChI is InChI=1S/C20H19FN6O4S/c1-10-7-27-18(22-10)15(31-2)5-14(24-27)13-6-17(28)26-9-16(32-19(26)23-13)11-3-4-25(20(29)30)8-12(11)21/h5-7,9,11-12H,3-4,8H2,1-2H3,(H,29,30)/t11-,12+/m0/s1. The number of ether oxygens (including phenoxy) is 1. The zero-order chi connectivity index (χ0) is 22.6. The molecule has 0 aliphatic carbocycles. The van der Waals surface area contributed by atoms with E-state index in [0.717, 1.165) is 10.6 Å². The SMILES string of the molecule is COc1cc(-c2cc(=O)n3cc([C@H]4CCN(C(=O)O)C[C@H]4F)sc3n2)nn2cc(C)nc12. The Morgan fingerprint density at radius 1 is 1.28 bits per heavy atom. The summed E-state index contributed by atoms with van der Waals surface area (Å²) in [6.45, 7) is 1.91. The van der Waals surface area contributed by atoms with Crippen LogP contribution in [0.4, 0.5) is 9.18 Å². The third-order valence-electron chi connectivity index (χ3n) is 5.56. The molecule has 1 aliphatic heterocycles. The van der Waals surface area contributed by atoms with Crippen molar-refractivity contribution < 1.29 is 19.0 Å². The number of hydrogen-bond donors (Lipinski definition) is 1. The van der Waals surface area contributed by atoms with E-state index in [0.29, 0.717) is 39.0 Å². The number of amides is 1. The Balaban J connectivity index is 1.54. The van der Waals surface area contributed by atoms with Crippen molar-refractivity contribution in [3.63, 3.8) is 0 Å². The lowest BCUT2D eigenvalue weighted by molar-refractivity contribution is 0.0969. The van der Waals surface area contributed by atoms with E-state index in [4.69, 9.17) is 9.84 Å². The minimum absolute atomic E-state index is 0.185. The first-order chi connectivity index (χ1) is 15.3. The molecule has 0 unspecified atom stereocenters. The summed E-state index contributed by atoms with van der Waals surface area (Å²) in [7, 11) is 1.53. The van der Waals surface area contributed by atoms with Gasteiger partial charge in [-0.1, -0.05) is 0 Å². The number of halogens is 1. The van der Waals surface area contributed by atoms with Crippen molar-refractivity contribution in [2.45, 2.75) is 25.4 Å². The molecule has 2 atom stereocenters. The van der Waals surface area contributed by atoms with Gasteiger partial charge in [0.1, 0.15) is 11.9 Å². The zero-order valence-corrected chi connectivity index (χ0v) is 18.0. The topological polar surface area (TPSA) is 114 Å². The fraction of sp³-hybridized carbons (Fsp3) is 0.350. The molecule has 4 aromatic heterocycles. The molecule has 1 N–H and O–H groups in total. The minimum Gasteiger partial charge on any atom is -0.493 e. The highest BCUT2D eigenvalue weighted by Crippen LogP contribution is 2.35. The molecule has 1 aliphatic rings. The van der Waals surface area contributed by atoms with Crippen molar-refractivity contribution in [2.75, 3.05) is 20.2 Å². The lowest BCUT2D eigenvalue weighted by Gasteiger charge is -2.32. The Labute approximate surface area is 184 Å². The summed E-state index contributed by atoms with van der Waals surface area (Å²) in [5, 5.41) is 13.6. The number of methoxy groups -OCH3 is 1. The first-order valence-corrected chi connectivity index (χ1v) is 10.7. The van der Waals surface area contributed by atoms with Crippen LogP contribution in [0.15, 0.2) is 29.3 Å². The Morgan fingerprint density at radius 3 is 2.81 bits per heavy atom. The van der Waals surface area contributed by atoms with Crippen molar-refractivity contribution in [1.82, 2.24) is 28.9 Å². The van der Waals surface area contributed by atoms with Gasteiger partial charge in [0.2, 0.25) is 0 Å². The lowest BCUT2D eigenvalue weighted by Crippen LogP contribution is -2.43. The van der Waals surface area contributed by atoms with Crippen LogP contribution in [0.1, 0.15) is 22.9 Å². The molecule has 0 bridgehead atoms. The van der Waals surface area contributed by atoms with E-state index in [9.17, 15) is 14.0 Å². The normalized spacial score (nSPS) is 19.0. The van der Waals surface area contributed by atoms with Crippen molar-refractivity contribution in [3.05, 3.63) is 45.5 Å². The van der Waals surface area contributed by atoms with E-state index in [2.05, 4.69) is 15.1 Å². The molecule has 12 heteroatoms. The number of imidazole rings is 1. The largest absolute Gasteiger partial charge is 0.493 e. The molecule has 5 rings (SSSR count). The Kier molecular flexibility index (Phi) is 4.81. The fourth-order valence-corrected chi connectivity index (χ4v) is 5.13. The molecule has 5 heterocycles. The Hall–Kier alpha value is -3.54. The summed E-state index contributed by atoms with van der Waals surface area (Å²) in [6, 6.07) is 3.05. The highest BCUT2D eigenvalue weighted by atomic mass is 32.1. The van der Waals surface area contributed by atoms with Gasteiger partial charge in [-0.15, -0.1) is 11.3 Å². The molecule has 1 amide bonds. The maximum absolute atomic E-state index is 14.7. The molecular formula is C20H19FN6O4S. The summed E-state index contributed by atoms with van der Waals surface area (Å²) in [6.07, 6.45) is 1.22. The number of carboxylic acid groups (broad SMARTS) is 1. The number of hydrogen-bond acceptors (Lipinski definition) is 7. The van der Waals surface area contributed by atoms with E-state index < -0.39 is 18.2 Å². The maximum atomic E-state index is 14.7. The average Bonchev–Trinajstić information content (AvgIpc) is 3.35. The molecule has 0 saturated carbocycles. The number of alkyl halides is 1. The second kappa shape index (κ2) is 7.55. The molecule has 4 aromatic rings. The van der Waals surface area contributed by atoms with E-state index in [1.165, 1.54) is 28.9 Å². The maximum Gasteiger partial charge on any atom is 0.407 e. The van der Waals surface area contributed by atoms with Crippen LogP contribution in [-0.4, -0.2) is 66.5 Å². The lowest BCUT2D eigenvalue weighted by atomic mass is 9.94. The monoisotopic (exact) mass is 458 g/mol. The third-order valence-corrected chi connectivity index (χ3v) is 6.67. The molecule has 1 fully saturated rings. The highest BCUT2D eigenvalue weighted by molar-refractivity contribution is 7.17. The van der Waals surface area contributed by atoms with Crippen LogP contribution in [-0.2, 0) is 0 Å². The van der Waals surface area contributed by atoms with Crippen molar-refractivity contribution in [2.24, 2.45) is 0 Å². The molecule has 10 nitrogen and oxygen atoms in total. The van der Waals surface area contributed by atoms with Gasteiger partial charge in [0.15, 0.2) is 16.4 Å². The van der Waals surface area contributed by atoms with Gasteiger partial charge in [-0.2, -0.15) is 5.10 Å². The van der Waals surface area contributed by atoms with Crippen LogP contribution in [0.25, 0.3) is 22.0 Å². The summed E-state index contributed by atoms with van der Waals surface area (Å²) in [5.74, 6) is 0.0195. The van der Waals surface area contributed by atoms with Crippen molar-refractivity contribution >= 4 is 28.0 Å². The Morgan fingerprint density at radius 2 is 2.09 bits per heavy atom.